The zero-order valence-electron chi connectivity index (χ0n) is 16.3. The minimum atomic E-state index is -4.60. The molecule has 0 fully saturated rings. The van der Waals surface area contributed by atoms with Crippen LogP contribution in [0.2, 0.25) is 5.02 Å². The number of nitrogens with one attached hydrogen (secondary N) is 1. The number of amides is 1. The number of rotatable bonds is 4. The predicted molar refractivity (Wildman–Crippen MR) is 102 cm³/mol. The van der Waals surface area contributed by atoms with Crippen LogP contribution in [-0.2, 0) is 16.8 Å². The zero-order chi connectivity index (χ0) is 23.9. The first-order valence-electron chi connectivity index (χ1n) is 8.93. The van der Waals surface area contributed by atoms with Gasteiger partial charge >= 0.3 is 6.18 Å². The lowest BCUT2D eigenvalue weighted by atomic mass is 9.85. The van der Waals surface area contributed by atoms with Crippen molar-refractivity contribution in [3.63, 3.8) is 0 Å². The molecule has 1 aromatic carbocycles. The number of carbonyl (C=O) groups is 1. The number of alkyl halides is 5. The summed E-state index contributed by atoms with van der Waals surface area (Å²) in [4.78, 5) is 16.2. The van der Waals surface area contributed by atoms with Gasteiger partial charge in [-0.05, 0) is 25.1 Å². The summed E-state index contributed by atoms with van der Waals surface area (Å²) in [6.07, 6.45) is -3.79. The Morgan fingerprint density at radius 2 is 2.06 bits per heavy atom. The molecule has 2 aromatic rings. The molecule has 1 atom stereocenters. The number of ether oxygens (including phenoxy) is 1. The highest BCUT2D eigenvalue weighted by Crippen LogP contribution is 2.44. The molecular formula is C18H16ClF6N5O2. The smallest absolute Gasteiger partial charge is 0.385 e. The first-order valence-corrected chi connectivity index (χ1v) is 9.30. The van der Waals surface area contributed by atoms with E-state index in [2.05, 4.69) is 15.4 Å². The summed E-state index contributed by atoms with van der Waals surface area (Å²) in [6, 6.07) is 2.82. The van der Waals surface area contributed by atoms with Crippen LogP contribution in [0.1, 0.15) is 23.0 Å². The van der Waals surface area contributed by atoms with Crippen molar-refractivity contribution in [2.75, 3.05) is 18.5 Å². The number of aliphatic imine (C=N–C) groups is 1. The minimum Gasteiger partial charge on any atom is -0.385 e. The number of hydrogen-bond acceptors (Lipinski definition) is 5. The molecule has 3 N–H and O–H groups in total. The minimum absolute atomic E-state index is 0.149. The molecule has 3 rings (SSSR count). The van der Waals surface area contributed by atoms with Gasteiger partial charge in [0.15, 0.2) is 11.2 Å². The van der Waals surface area contributed by atoms with Gasteiger partial charge in [0.2, 0.25) is 0 Å². The van der Waals surface area contributed by atoms with E-state index in [-0.39, 0.29) is 23.2 Å². The molecule has 0 spiro atoms. The molecule has 2 heterocycles. The van der Waals surface area contributed by atoms with Gasteiger partial charge < -0.3 is 15.8 Å². The van der Waals surface area contributed by atoms with Crippen LogP contribution in [0.15, 0.2) is 29.4 Å². The van der Waals surface area contributed by atoms with Gasteiger partial charge in [0.1, 0.15) is 31.4 Å². The second-order valence-corrected chi connectivity index (χ2v) is 7.57. The van der Waals surface area contributed by atoms with E-state index >= 15 is 0 Å². The van der Waals surface area contributed by atoms with Crippen molar-refractivity contribution < 1.29 is 35.9 Å². The third-order valence-corrected chi connectivity index (χ3v) is 4.91. The fourth-order valence-corrected chi connectivity index (χ4v) is 3.30. The maximum atomic E-state index is 14.7. The molecule has 0 unspecified atom stereocenters. The summed E-state index contributed by atoms with van der Waals surface area (Å²) in [6.45, 7) is -1.96. The van der Waals surface area contributed by atoms with E-state index in [0.717, 1.165) is 31.3 Å². The highest BCUT2D eigenvalue weighted by atomic mass is 35.5. The number of amidine groups is 1. The number of nitrogens with zero attached hydrogens (tertiary/aromatic N) is 3. The Morgan fingerprint density at radius 3 is 2.72 bits per heavy atom. The van der Waals surface area contributed by atoms with Crippen molar-refractivity contribution in [1.82, 2.24) is 9.78 Å². The molecule has 1 aromatic heterocycles. The van der Waals surface area contributed by atoms with Gasteiger partial charge in [-0.25, -0.2) is 13.2 Å². The van der Waals surface area contributed by atoms with Crippen LogP contribution in [0, 0.1) is 5.82 Å². The van der Waals surface area contributed by atoms with Gasteiger partial charge in [-0.1, -0.05) is 11.6 Å². The van der Waals surface area contributed by atoms with Crippen LogP contribution in [-0.4, -0.2) is 46.8 Å². The normalized spacial score (nSPS) is 21.1. The number of benzene rings is 1. The molecule has 0 radical (unpaired) electrons. The average molecular weight is 484 g/mol. The summed E-state index contributed by atoms with van der Waals surface area (Å²) in [5.41, 5.74) is 1.85. The summed E-state index contributed by atoms with van der Waals surface area (Å²) in [7, 11) is 0. The monoisotopic (exact) mass is 483 g/mol. The van der Waals surface area contributed by atoms with Crippen molar-refractivity contribution >= 4 is 29.0 Å². The molecule has 0 saturated heterocycles. The zero-order valence-corrected chi connectivity index (χ0v) is 17.1. The van der Waals surface area contributed by atoms with Crippen LogP contribution >= 0.6 is 11.6 Å². The topological polar surface area (TPSA) is 94.5 Å². The Morgan fingerprint density at radius 1 is 1.38 bits per heavy atom. The van der Waals surface area contributed by atoms with E-state index < -0.39 is 53.8 Å². The number of halogens is 7. The molecule has 174 valence electrons. The lowest BCUT2D eigenvalue weighted by Gasteiger charge is -2.33. The number of anilines is 1. The van der Waals surface area contributed by atoms with E-state index in [1.54, 1.807) is 0 Å². The van der Waals surface area contributed by atoms with Gasteiger partial charge in [0.05, 0.1) is 5.02 Å². The van der Waals surface area contributed by atoms with Crippen LogP contribution in [0.3, 0.4) is 0 Å². The van der Waals surface area contributed by atoms with Crippen molar-refractivity contribution in [3.05, 3.63) is 46.5 Å². The molecule has 0 bridgehead atoms. The second kappa shape index (κ2) is 8.28. The van der Waals surface area contributed by atoms with E-state index in [1.165, 1.54) is 0 Å². The first kappa shape index (κ1) is 23.9. The lowest BCUT2D eigenvalue weighted by molar-refractivity contribution is -0.142. The Kier molecular flexibility index (Phi) is 6.17. The Labute approximate surface area is 182 Å². The molecule has 1 aliphatic rings. The molecule has 7 nitrogen and oxygen atoms in total. The van der Waals surface area contributed by atoms with Gasteiger partial charge in [-0.3, -0.25) is 14.5 Å². The Balaban J connectivity index is 1.93. The van der Waals surface area contributed by atoms with Gasteiger partial charge in [0.25, 0.3) is 11.8 Å². The van der Waals surface area contributed by atoms with E-state index in [9.17, 15) is 31.1 Å². The molecular weight excluding hydrogens is 468 g/mol. The highest BCUT2D eigenvalue weighted by molar-refractivity contribution is 6.34. The predicted octanol–water partition coefficient (Wildman–Crippen LogP) is 3.73. The number of hydrogen-bond donors (Lipinski definition) is 2. The summed E-state index contributed by atoms with van der Waals surface area (Å²) < 4.78 is 86.8. The third-order valence-electron chi connectivity index (χ3n) is 4.63. The maximum absolute atomic E-state index is 14.7. The maximum Gasteiger partial charge on any atom is 0.408 e. The standard InChI is InChI=1S/C18H16ClF6N5O2/c1-16(17(21,22)8-32-6-13(26)28-16)10-4-9(2-3-12(10)20)27-15(31)14-11(19)5-30(29-14)7-18(23,24)25/h2-5H,6-8H2,1H3,(H2,26,28)(H,27,31)/t16-/m1/s1. The molecule has 14 heteroatoms. The summed E-state index contributed by atoms with van der Waals surface area (Å²) >= 11 is 5.79. The molecule has 0 saturated carbocycles. The lowest BCUT2D eigenvalue weighted by Crippen LogP contribution is -2.45. The SMILES string of the molecule is C[C@]1(c2cc(NC(=O)c3nn(CC(F)(F)F)cc3Cl)ccc2F)N=C(N)COCC1(F)F. The second-order valence-electron chi connectivity index (χ2n) is 7.16. The van der Waals surface area contributed by atoms with Gasteiger partial charge in [-0.15, -0.1) is 0 Å². The molecule has 0 aliphatic carbocycles. The van der Waals surface area contributed by atoms with E-state index in [1.807, 2.05) is 0 Å². The number of carbonyl (C=O) groups excluding carboxylic acids is 1. The largest absolute Gasteiger partial charge is 0.408 e. The van der Waals surface area contributed by atoms with Crippen LogP contribution in [0.25, 0.3) is 0 Å². The third kappa shape index (κ3) is 4.83. The van der Waals surface area contributed by atoms with E-state index in [0.29, 0.717) is 4.68 Å². The average Bonchev–Trinajstić information content (AvgIpc) is 2.96. The number of aromatic nitrogens is 2. The Hall–Kier alpha value is -2.80. The van der Waals surface area contributed by atoms with E-state index in [4.69, 9.17) is 22.1 Å². The van der Waals surface area contributed by atoms with Crippen LogP contribution in [0.5, 0.6) is 0 Å². The van der Waals surface area contributed by atoms with Crippen LogP contribution in [0.4, 0.5) is 32.0 Å². The van der Waals surface area contributed by atoms with Crippen molar-refractivity contribution in [2.24, 2.45) is 10.7 Å². The quantitative estimate of drug-likeness (QED) is 0.648. The highest BCUT2D eigenvalue weighted by Gasteiger charge is 2.54. The van der Waals surface area contributed by atoms with Crippen molar-refractivity contribution in [3.8, 4) is 0 Å². The van der Waals surface area contributed by atoms with Gasteiger partial charge in [-0.2, -0.15) is 18.3 Å². The fourth-order valence-electron chi connectivity index (χ4n) is 3.06. The Bertz CT molecular complexity index is 1070. The van der Waals surface area contributed by atoms with Crippen molar-refractivity contribution in [1.29, 1.82) is 0 Å². The summed E-state index contributed by atoms with van der Waals surface area (Å²) in [5, 5.41) is 5.36. The summed E-state index contributed by atoms with van der Waals surface area (Å²) in [5.74, 6) is -6.01. The molecule has 1 aliphatic heterocycles. The number of nitrogens with two attached hydrogens (primary N) is 1. The first-order chi connectivity index (χ1) is 14.7. The van der Waals surface area contributed by atoms with Gasteiger partial charge in [0, 0.05) is 17.4 Å². The fraction of sp³-hybridized carbons (Fsp3) is 0.389. The van der Waals surface area contributed by atoms with Crippen LogP contribution < -0.4 is 11.1 Å². The molecule has 32 heavy (non-hydrogen) atoms. The van der Waals surface area contributed by atoms with Crippen molar-refractivity contribution in [2.45, 2.75) is 31.1 Å². The molecule has 1 amide bonds.